The minimum atomic E-state index is -3.84. The van der Waals surface area contributed by atoms with Crippen LogP contribution in [-0.4, -0.2) is 49.0 Å². The molecule has 0 bridgehead atoms. The zero-order valence-corrected chi connectivity index (χ0v) is 18.0. The topological polar surface area (TPSA) is 115 Å². The van der Waals surface area contributed by atoms with Crippen molar-refractivity contribution in [3.05, 3.63) is 54.3 Å². The summed E-state index contributed by atoms with van der Waals surface area (Å²) in [7, 11) is -2.32. The molecule has 1 fully saturated rings. The second-order valence-electron chi connectivity index (χ2n) is 7.26. The lowest BCUT2D eigenvalue weighted by Crippen LogP contribution is -2.43. The van der Waals surface area contributed by atoms with Gasteiger partial charge >= 0.3 is 6.01 Å². The highest BCUT2D eigenvalue weighted by molar-refractivity contribution is 7.89. The fraction of sp³-hybridized carbons (Fsp3) is 0.286. The largest absolute Gasteiger partial charge is 0.496 e. The smallest absolute Gasteiger partial charge is 0.322 e. The van der Waals surface area contributed by atoms with E-state index in [4.69, 9.17) is 9.15 Å². The van der Waals surface area contributed by atoms with Crippen LogP contribution >= 0.6 is 0 Å². The van der Waals surface area contributed by atoms with Crippen LogP contribution in [-0.2, 0) is 14.8 Å². The monoisotopic (exact) mass is 460 g/mol. The maximum Gasteiger partial charge on any atom is 0.322 e. The van der Waals surface area contributed by atoms with Gasteiger partial charge in [0.05, 0.1) is 23.5 Å². The molecule has 32 heavy (non-hydrogen) atoms. The number of amides is 1. The lowest BCUT2D eigenvalue weighted by Gasteiger charge is -2.30. The Morgan fingerprint density at radius 1 is 1.19 bits per heavy atom. The van der Waals surface area contributed by atoms with Crippen LogP contribution in [0.25, 0.3) is 11.5 Å². The molecule has 1 saturated heterocycles. The van der Waals surface area contributed by atoms with Crippen LogP contribution in [0.2, 0.25) is 0 Å². The molecule has 1 N–H and O–H groups in total. The quantitative estimate of drug-likeness (QED) is 0.601. The van der Waals surface area contributed by atoms with E-state index in [1.807, 2.05) is 0 Å². The molecule has 168 valence electrons. The third-order valence-electron chi connectivity index (χ3n) is 5.20. The number of nitrogens with one attached hydrogen (secondary N) is 1. The highest BCUT2D eigenvalue weighted by Crippen LogP contribution is 2.30. The molecule has 2 heterocycles. The number of hydrogen-bond acceptors (Lipinski definition) is 7. The summed E-state index contributed by atoms with van der Waals surface area (Å²) in [6.45, 7) is 0.279. The highest BCUT2D eigenvalue weighted by atomic mass is 32.2. The Labute approximate surface area is 184 Å². The number of para-hydroxylation sites is 1. The van der Waals surface area contributed by atoms with E-state index in [1.165, 1.54) is 23.5 Å². The highest BCUT2D eigenvalue weighted by Gasteiger charge is 2.34. The summed E-state index contributed by atoms with van der Waals surface area (Å²) in [4.78, 5) is 12.7. The lowest BCUT2D eigenvalue weighted by molar-refractivity contribution is -0.121. The van der Waals surface area contributed by atoms with E-state index in [0.717, 1.165) is 12.1 Å². The number of anilines is 1. The zero-order chi connectivity index (χ0) is 22.7. The van der Waals surface area contributed by atoms with Crippen molar-refractivity contribution < 1.29 is 26.8 Å². The normalized spacial score (nSPS) is 17.1. The maximum absolute atomic E-state index is 13.2. The molecular formula is C21H21FN4O5S. The van der Waals surface area contributed by atoms with Gasteiger partial charge in [-0.1, -0.05) is 17.2 Å². The van der Waals surface area contributed by atoms with Gasteiger partial charge in [-0.05, 0) is 49.2 Å². The number of aromatic nitrogens is 2. The van der Waals surface area contributed by atoms with Crippen LogP contribution in [0, 0.1) is 11.7 Å². The fourth-order valence-electron chi connectivity index (χ4n) is 3.54. The fourth-order valence-corrected chi connectivity index (χ4v) is 5.07. The average molecular weight is 460 g/mol. The van der Waals surface area contributed by atoms with Crippen LogP contribution in [0.3, 0.4) is 0 Å². The summed E-state index contributed by atoms with van der Waals surface area (Å²) >= 11 is 0. The number of ether oxygens (including phenoxy) is 1. The number of carbonyl (C=O) groups excluding carboxylic acids is 1. The number of sulfonamides is 1. The van der Waals surface area contributed by atoms with Gasteiger partial charge in [-0.2, -0.15) is 4.31 Å². The Balaban J connectivity index is 1.45. The predicted octanol–water partition coefficient (Wildman–Crippen LogP) is 2.92. The molecule has 4 rings (SSSR count). The molecule has 0 saturated carbocycles. The van der Waals surface area contributed by atoms with Gasteiger partial charge in [0, 0.05) is 13.1 Å². The van der Waals surface area contributed by atoms with Gasteiger partial charge in [0.25, 0.3) is 5.89 Å². The molecule has 1 amide bonds. The summed E-state index contributed by atoms with van der Waals surface area (Å²) in [6.07, 6.45) is 1.02. The average Bonchev–Trinajstić information content (AvgIpc) is 3.27. The van der Waals surface area contributed by atoms with Crippen LogP contribution in [0.5, 0.6) is 5.75 Å². The molecular weight excluding hydrogens is 439 g/mol. The van der Waals surface area contributed by atoms with Crippen molar-refractivity contribution in [3.8, 4) is 17.2 Å². The van der Waals surface area contributed by atoms with E-state index >= 15 is 0 Å². The van der Waals surface area contributed by atoms with Crippen molar-refractivity contribution in [1.29, 1.82) is 0 Å². The second-order valence-corrected chi connectivity index (χ2v) is 9.20. The third kappa shape index (κ3) is 4.48. The van der Waals surface area contributed by atoms with Crippen LogP contribution in [0.15, 0.2) is 57.8 Å². The van der Waals surface area contributed by atoms with Gasteiger partial charge in [-0.3, -0.25) is 10.1 Å². The molecule has 0 aliphatic carbocycles. The molecule has 2 aromatic carbocycles. The number of halogens is 1. The Morgan fingerprint density at radius 2 is 1.94 bits per heavy atom. The van der Waals surface area contributed by atoms with E-state index < -0.39 is 27.7 Å². The SMILES string of the molecule is COc1ccccc1-c1nnc(NC(=O)C2CCCN(S(=O)(=O)c3ccc(F)cc3)C2)o1. The lowest BCUT2D eigenvalue weighted by atomic mass is 9.99. The summed E-state index contributed by atoms with van der Waals surface area (Å²) < 4.78 is 50.9. The Hall–Kier alpha value is -3.31. The van der Waals surface area contributed by atoms with Gasteiger partial charge in [0.2, 0.25) is 15.9 Å². The molecule has 1 aliphatic rings. The summed E-state index contributed by atoms with van der Waals surface area (Å²) in [5.41, 5.74) is 0.581. The molecule has 11 heteroatoms. The first kappa shape index (κ1) is 21.9. The number of rotatable bonds is 6. The standard InChI is InChI=1S/C21H21FN4O5S/c1-30-18-7-3-2-6-17(18)20-24-25-21(31-20)23-19(27)14-5-4-12-26(13-14)32(28,29)16-10-8-15(22)9-11-16/h2-3,6-11,14H,4-5,12-13H2,1H3,(H,23,25,27). The van der Waals surface area contributed by atoms with Crippen molar-refractivity contribution in [2.24, 2.45) is 5.92 Å². The van der Waals surface area contributed by atoms with Gasteiger partial charge in [0.15, 0.2) is 0 Å². The Kier molecular flexibility index (Phi) is 6.19. The minimum Gasteiger partial charge on any atom is -0.496 e. The van der Waals surface area contributed by atoms with E-state index in [1.54, 1.807) is 24.3 Å². The van der Waals surface area contributed by atoms with Crippen LogP contribution < -0.4 is 10.1 Å². The number of hydrogen-bond donors (Lipinski definition) is 1. The minimum absolute atomic E-state index is 0.000947. The molecule has 3 aromatic rings. The van der Waals surface area contributed by atoms with Gasteiger partial charge in [-0.25, -0.2) is 12.8 Å². The third-order valence-corrected chi connectivity index (χ3v) is 7.08. The van der Waals surface area contributed by atoms with Crippen molar-refractivity contribution in [3.63, 3.8) is 0 Å². The number of nitrogens with zero attached hydrogens (tertiary/aromatic N) is 3. The summed E-state index contributed by atoms with van der Waals surface area (Å²) in [6, 6.07) is 11.6. The number of carbonyl (C=O) groups is 1. The first-order chi connectivity index (χ1) is 15.4. The Morgan fingerprint density at radius 3 is 2.69 bits per heavy atom. The van der Waals surface area contributed by atoms with E-state index in [-0.39, 0.29) is 29.9 Å². The number of methoxy groups -OCH3 is 1. The maximum atomic E-state index is 13.2. The number of benzene rings is 2. The van der Waals surface area contributed by atoms with E-state index in [0.29, 0.717) is 24.2 Å². The van der Waals surface area contributed by atoms with Crippen LogP contribution in [0.4, 0.5) is 10.4 Å². The molecule has 1 aromatic heterocycles. The molecule has 9 nitrogen and oxygen atoms in total. The summed E-state index contributed by atoms with van der Waals surface area (Å²) in [5.74, 6) is -0.809. The molecule has 1 aliphatic heterocycles. The Bertz CT molecular complexity index is 1210. The zero-order valence-electron chi connectivity index (χ0n) is 17.2. The first-order valence-corrected chi connectivity index (χ1v) is 11.4. The predicted molar refractivity (Wildman–Crippen MR) is 113 cm³/mol. The molecule has 1 unspecified atom stereocenters. The van der Waals surface area contributed by atoms with Gasteiger partial charge < -0.3 is 9.15 Å². The molecule has 0 radical (unpaired) electrons. The molecule has 0 spiro atoms. The van der Waals surface area contributed by atoms with Crippen molar-refractivity contribution in [2.75, 3.05) is 25.5 Å². The van der Waals surface area contributed by atoms with E-state index in [2.05, 4.69) is 15.5 Å². The van der Waals surface area contributed by atoms with Crippen molar-refractivity contribution in [2.45, 2.75) is 17.7 Å². The molecule has 1 atom stereocenters. The van der Waals surface area contributed by atoms with Crippen molar-refractivity contribution in [1.82, 2.24) is 14.5 Å². The first-order valence-electron chi connectivity index (χ1n) is 9.92. The number of piperidine rings is 1. The van der Waals surface area contributed by atoms with Crippen LogP contribution in [0.1, 0.15) is 12.8 Å². The summed E-state index contributed by atoms with van der Waals surface area (Å²) in [5, 5.41) is 10.4. The van der Waals surface area contributed by atoms with Crippen molar-refractivity contribution >= 4 is 21.9 Å². The van der Waals surface area contributed by atoms with E-state index in [9.17, 15) is 17.6 Å². The van der Waals surface area contributed by atoms with Gasteiger partial charge in [-0.15, -0.1) is 5.10 Å². The second kappa shape index (κ2) is 9.05. The van der Waals surface area contributed by atoms with Gasteiger partial charge in [0.1, 0.15) is 11.6 Å².